The van der Waals surface area contributed by atoms with Crippen molar-refractivity contribution in [3.05, 3.63) is 0 Å². The number of nitrogens with two attached hydrogens (primary N) is 1. The molecule has 4 nitrogen and oxygen atoms in total. The van der Waals surface area contributed by atoms with Crippen LogP contribution in [0.15, 0.2) is 0 Å². The Morgan fingerprint density at radius 2 is 2.00 bits per heavy atom. The zero-order chi connectivity index (χ0) is 12.1. The molecule has 4 heteroatoms. The first-order valence-electron chi connectivity index (χ1n) is 5.39. The summed E-state index contributed by atoms with van der Waals surface area (Å²) in [5.74, 6) is 0.0985. The first-order valence-corrected chi connectivity index (χ1v) is 5.39. The number of aliphatic hydroxyl groups is 1. The SMILES string of the molecule is CC(C)CC(C)OC(=O)CC(C)(O)CN. The van der Waals surface area contributed by atoms with Crippen LogP contribution in [0.4, 0.5) is 0 Å². The number of carbonyl (C=O) groups is 1. The van der Waals surface area contributed by atoms with Crippen molar-refractivity contribution in [2.45, 2.75) is 52.2 Å². The number of carbonyl (C=O) groups excluding carboxylic acids is 1. The third-order valence-corrected chi connectivity index (χ3v) is 2.10. The zero-order valence-electron chi connectivity index (χ0n) is 10.1. The average molecular weight is 217 g/mol. The Labute approximate surface area is 91.8 Å². The molecule has 0 aromatic heterocycles. The molecule has 0 aromatic rings. The predicted octanol–water partition coefficient (Wildman–Crippen LogP) is 1.06. The fraction of sp³-hybridized carbons (Fsp3) is 0.909. The summed E-state index contributed by atoms with van der Waals surface area (Å²) in [6, 6.07) is 0. The van der Waals surface area contributed by atoms with Gasteiger partial charge in [-0.15, -0.1) is 0 Å². The molecule has 0 radical (unpaired) electrons. The Kier molecular flexibility index (Phi) is 5.83. The predicted molar refractivity (Wildman–Crippen MR) is 59.3 cm³/mol. The minimum atomic E-state index is -1.16. The average Bonchev–Trinajstić information content (AvgIpc) is 2.00. The van der Waals surface area contributed by atoms with Crippen molar-refractivity contribution in [2.24, 2.45) is 11.7 Å². The molecule has 0 amide bonds. The lowest BCUT2D eigenvalue weighted by molar-refractivity contribution is -0.153. The molecule has 0 aliphatic heterocycles. The van der Waals surface area contributed by atoms with E-state index in [-0.39, 0.29) is 19.1 Å². The minimum Gasteiger partial charge on any atom is -0.463 e. The van der Waals surface area contributed by atoms with Gasteiger partial charge >= 0.3 is 5.97 Å². The van der Waals surface area contributed by atoms with Gasteiger partial charge in [0.2, 0.25) is 0 Å². The second kappa shape index (κ2) is 6.08. The second-order valence-electron chi connectivity index (χ2n) is 4.81. The molecule has 0 bridgehead atoms. The number of esters is 1. The van der Waals surface area contributed by atoms with Crippen LogP contribution in [0.3, 0.4) is 0 Å². The number of hydrogen-bond acceptors (Lipinski definition) is 4. The smallest absolute Gasteiger partial charge is 0.309 e. The van der Waals surface area contributed by atoms with Crippen LogP contribution in [0.25, 0.3) is 0 Å². The highest BCUT2D eigenvalue weighted by Gasteiger charge is 2.24. The van der Waals surface area contributed by atoms with Crippen LogP contribution in [0, 0.1) is 5.92 Å². The molecule has 3 N–H and O–H groups in total. The van der Waals surface area contributed by atoms with Crippen LogP contribution in [-0.2, 0) is 9.53 Å². The summed E-state index contributed by atoms with van der Waals surface area (Å²) in [5, 5.41) is 9.56. The molecule has 0 saturated carbocycles. The van der Waals surface area contributed by atoms with E-state index < -0.39 is 11.6 Å². The molecule has 2 atom stereocenters. The molecule has 0 rings (SSSR count). The quantitative estimate of drug-likeness (QED) is 0.653. The van der Waals surface area contributed by atoms with Crippen LogP contribution in [0.1, 0.15) is 40.5 Å². The fourth-order valence-corrected chi connectivity index (χ4v) is 1.36. The molecule has 90 valence electrons. The molecular formula is C11H23NO3. The number of hydrogen-bond donors (Lipinski definition) is 2. The number of ether oxygens (including phenoxy) is 1. The van der Waals surface area contributed by atoms with Gasteiger partial charge in [-0.05, 0) is 26.2 Å². The maximum atomic E-state index is 11.4. The summed E-state index contributed by atoms with van der Waals surface area (Å²) in [5.41, 5.74) is 4.15. The normalized spacial score (nSPS) is 17.3. The van der Waals surface area contributed by atoms with Gasteiger partial charge in [0.05, 0.1) is 18.1 Å². The molecule has 0 aromatic carbocycles. The molecule has 2 unspecified atom stereocenters. The molecule has 0 aliphatic carbocycles. The van der Waals surface area contributed by atoms with Crippen LogP contribution in [0.5, 0.6) is 0 Å². The van der Waals surface area contributed by atoms with E-state index in [1.54, 1.807) is 0 Å². The van der Waals surface area contributed by atoms with Gasteiger partial charge in [-0.3, -0.25) is 4.79 Å². The molecule has 15 heavy (non-hydrogen) atoms. The summed E-state index contributed by atoms with van der Waals surface area (Å²) in [4.78, 5) is 11.4. The number of rotatable bonds is 6. The summed E-state index contributed by atoms with van der Waals surface area (Å²) in [6.07, 6.45) is 0.675. The summed E-state index contributed by atoms with van der Waals surface area (Å²) < 4.78 is 5.14. The molecule has 0 fully saturated rings. The van der Waals surface area contributed by atoms with Gasteiger partial charge in [0.15, 0.2) is 0 Å². The second-order valence-corrected chi connectivity index (χ2v) is 4.81. The van der Waals surface area contributed by atoms with E-state index in [0.29, 0.717) is 5.92 Å². The Morgan fingerprint density at radius 1 is 1.47 bits per heavy atom. The van der Waals surface area contributed by atoms with Gasteiger partial charge in [0, 0.05) is 6.54 Å². The van der Waals surface area contributed by atoms with Gasteiger partial charge in [-0.1, -0.05) is 13.8 Å². The van der Waals surface area contributed by atoms with Crippen LogP contribution >= 0.6 is 0 Å². The van der Waals surface area contributed by atoms with Crippen molar-refractivity contribution in [1.29, 1.82) is 0 Å². The van der Waals surface area contributed by atoms with E-state index in [9.17, 15) is 9.90 Å². The lowest BCUT2D eigenvalue weighted by atomic mass is 10.0. The summed E-state index contributed by atoms with van der Waals surface area (Å²) in [6.45, 7) is 7.58. The summed E-state index contributed by atoms with van der Waals surface area (Å²) >= 11 is 0. The zero-order valence-corrected chi connectivity index (χ0v) is 10.1. The summed E-state index contributed by atoms with van der Waals surface area (Å²) in [7, 11) is 0. The van der Waals surface area contributed by atoms with E-state index in [1.807, 2.05) is 6.92 Å². The lowest BCUT2D eigenvalue weighted by Crippen LogP contribution is -2.37. The van der Waals surface area contributed by atoms with Crippen molar-refractivity contribution >= 4 is 5.97 Å². The maximum absolute atomic E-state index is 11.4. The van der Waals surface area contributed by atoms with Crippen molar-refractivity contribution < 1.29 is 14.6 Å². The molecule has 0 heterocycles. The third kappa shape index (κ3) is 7.33. The van der Waals surface area contributed by atoms with Crippen molar-refractivity contribution in [2.75, 3.05) is 6.54 Å². The van der Waals surface area contributed by atoms with Gasteiger partial charge in [0.1, 0.15) is 0 Å². The monoisotopic (exact) mass is 217 g/mol. The van der Waals surface area contributed by atoms with Crippen LogP contribution < -0.4 is 5.73 Å². The molecular weight excluding hydrogens is 194 g/mol. The van der Waals surface area contributed by atoms with Gasteiger partial charge < -0.3 is 15.6 Å². The Balaban J connectivity index is 3.93. The minimum absolute atomic E-state index is 0.0497. The fourth-order valence-electron chi connectivity index (χ4n) is 1.36. The van der Waals surface area contributed by atoms with E-state index >= 15 is 0 Å². The van der Waals surface area contributed by atoms with E-state index in [2.05, 4.69) is 13.8 Å². The Bertz CT molecular complexity index is 202. The topological polar surface area (TPSA) is 72.5 Å². The lowest BCUT2D eigenvalue weighted by Gasteiger charge is -2.21. The first kappa shape index (κ1) is 14.4. The van der Waals surface area contributed by atoms with E-state index in [1.165, 1.54) is 6.92 Å². The van der Waals surface area contributed by atoms with Crippen LogP contribution in [0.2, 0.25) is 0 Å². The highest BCUT2D eigenvalue weighted by molar-refractivity contribution is 5.70. The van der Waals surface area contributed by atoms with E-state index in [0.717, 1.165) is 6.42 Å². The standard InChI is InChI=1S/C11H23NO3/c1-8(2)5-9(3)15-10(13)6-11(4,14)7-12/h8-9,14H,5-7,12H2,1-4H3. The van der Waals surface area contributed by atoms with E-state index in [4.69, 9.17) is 10.5 Å². The van der Waals surface area contributed by atoms with Crippen molar-refractivity contribution in [3.8, 4) is 0 Å². The van der Waals surface area contributed by atoms with Crippen LogP contribution in [-0.4, -0.2) is 29.3 Å². The van der Waals surface area contributed by atoms with Gasteiger partial charge in [-0.25, -0.2) is 0 Å². The molecule has 0 aliphatic rings. The molecule has 0 spiro atoms. The highest BCUT2D eigenvalue weighted by Crippen LogP contribution is 2.12. The largest absolute Gasteiger partial charge is 0.463 e. The highest BCUT2D eigenvalue weighted by atomic mass is 16.5. The maximum Gasteiger partial charge on any atom is 0.309 e. The molecule has 0 saturated heterocycles. The van der Waals surface area contributed by atoms with Crippen molar-refractivity contribution in [3.63, 3.8) is 0 Å². The van der Waals surface area contributed by atoms with Gasteiger partial charge in [-0.2, -0.15) is 0 Å². The Hall–Kier alpha value is -0.610. The van der Waals surface area contributed by atoms with Gasteiger partial charge in [0.25, 0.3) is 0 Å². The van der Waals surface area contributed by atoms with Crippen molar-refractivity contribution in [1.82, 2.24) is 0 Å². The first-order chi connectivity index (χ1) is 6.76. The Morgan fingerprint density at radius 3 is 2.40 bits per heavy atom. The third-order valence-electron chi connectivity index (χ3n) is 2.10.